The van der Waals surface area contributed by atoms with Crippen molar-refractivity contribution < 1.29 is 8.78 Å². The first kappa shape index (κ1) is 11.9. The van der Waals surface area contributed by atoms with Gasteiger partial charge in [-0.3, -0.25) is 9.97 Å². The average Bonchev–Trinajstić information content (AvgIpc) is 2.33. The van der Waals surface area contributed by atoms with Crippen LogP contribution in [0.5, 0.6) is 0 Å². The summed E-state index contributed by atoms with van der Waals surface area (Å²) in [5.41, 5.74) is 0.742. The second-order valence-corrected chi connectivity index (χ2v) is 4.15. The zero-order chi connectivity index (χ0) is 12.3. The number of anilines is 1. The lowest BCUT2D eigenvalue weighted by Gasteiger charge is -2.07. The van der Waals surface area contributed by atoms with Crippen molar-refractivity contribution in [1.29, 1.82) is 0 Å². The molecular weight excluding hydrogens is 292 g/mol. The quantitative estimate of drug-likeness (QED) is 0.885. The van der Waals surface area contributed by atoms with Gasteiger partial charge in [0.25, 0.3) is 0 Å². The number of hydrogen-bond acceptors (Lipinski definition) is 3. The van der Waals surface area contributed by atoms with Gasteiger partial charge in [0.2, 0.25) is 0 Å². The monoisotopic (exact) mass is 299 g/mol. The molecular formula is C11H8BrF2N3. The van der Waals surface area contributed by atoms with Crippen LogP contribution in [0.15, 0.2) is 35.2 Å². The predicted molar refractivity (Wildman–Crippen MR) is 63.4 cm³/mol. The minimum absolute atomic E-state index is 0.0938. The van der Waals surface area contributed by atoms with E-state index in [2.05, 4.69) is 31.2 Å². The van der Waals surface area contributed by atoms with E-state index < -0.39 is 11.6 Å². The normalized spacial score (nSPS) is 10.3. The van der Waals surface area contributed by atoms with E-state index in [0.29, 0.717) is 5.69 Å². The van der Waals surface area contributed by atoms with Gasteiger partial charge in [-0.1, -0.05) is 0 Å². The van der Waals surface area contributed by atoms with Gasteiger partial charge in [0.1, 0.15) is 11.6 Å². The van der Waals surface area contributed by atoms with Crippen molar-refractivity contribution >= 4 is 21.6 Å². The summed E-state index contributed by atoms with van der Waals surface area (Å²) < 4.78 is 26.7. The smallest absolute Gasteiger partial charge is 0.147 e. The molecule has 2 aromatic rings. The number of halogens is 3. The largest absolute Gasteiger partial charge is 0.377 e. The highest BCUT2D eigenvalue weighted by atomic mass is 79.9. The molecule has 0 aliphatic heterocycles. The van der Waals surface area contributed by atoms with Crippen LogP contribution in [-0.4, -0.2) is 9.97 Å². The molecule has 0 unspecified atom stereocenters. The minimum Gasteiger partial charge on any atom is -0.377 e. The molecule has 17 heavy (non-hydrogen) atoms. The molecule has 0 fully saturated rings. The van der Waals surface area contributed by atoms with Crippen LogP contribution in [0.25, 0.3) is 0 Å². The zero-order valence-electron chi connectivity index (χ0n) is 8.62. The molecule has 88 valence electrons. The Morgan fingerprint density at radius 1 is 1.18 bits per heavy atom. The van der Waals surface area contributed by atoms with Gasteiger partial charge in [-0.05, 0) is 22.0 Å². The lowest BCUT2D eigenvalue weighted by atomic mass is 10.3. The molecule has 0 atom stereocenters. The van der Waals surface area contributed by atoms with Gasteiger partial charge in [-0.25, -0.2) is 8.78 Å². The second-order valence-electron chi connectivity index (χ2n) is 3.30. The zero-order valence-corrected chi connectivity index (χ0v) is 10.2. The average molecular weight is 300 g/mol. The molecule has 1 heterocycles. The Bertz CT molecular complexity index is 520. The van der Waals surface area contributed by atoms with Crippen LogP contribution >= 0.6 is 15.9 Å². The van der Waals surface area contributed by atoms with E-state index in [9.17, 15) is 8.78 Å². The third-order valence-corrected chi connectivity index (χ3v) is 2.69. The first-order chi connectivity index (χ1) is 8.16. The number of hydrogen-bond donors (Lipinski definition) is 1. The maximum absolute atomic E-state index is 13.4. The molecule has 3 nitrogen and oxygen atoms in total. The summed E-state index contributed by atoms with van der Waals surface area (Å²) in [6.07, 6.45) is 4.64. The van der Waals surface area contributed by atoms with Crippen LogP contribution < -0.4 is 5.32 Å². The van der Waals surface area contributed by atoms with Crippen molar-refractivity contribution in [2.75, 3.05) is 5.32 Å². The van der Waals surface area contributed by atoms with Crippen LogP contribution in [-0.2, 0) is 6.54 Å². The Labute approximate surface area is 105 Å². The third-order valence-electron chi connectivity index (χ3n) is 2.09. The Morgan fingerprint density at radius 2 is 2.00 bits per heavy atom. The summed E-state index contributed by atoms with van der Waals surface area (Å²) in [5.74, 6) is -1.05. The van der Waals surface area contributed by atoms with E-state index in [-0.39, 0.29) is 16.7 Å². The fourth-order valence-electron chi connectivity index (χ4n) is 1.27. The van der Waals surface area contributed by atoms with Gasteiger partial charge >= 0.3 is 0 Å². The molecule has 0 amide bonds. The maximum atomic E-state index is 13.4. The number of rotatable bonds is 3. The Hall–Kier alpha value is -1.56. The van der Waals surface area contributed by atoms with Gasteiger partial charge < -0.3 is 5.32 Å². The first-order valence-electron chi connectivity index (χ1n) is 4.80. The van der Waals surface area contributed by atoms with Crippen molar-refractivity contribution in [2.45, 2.75) is 6.54 Å². The van der Waals surface area contributed by atoms with Crippen LogP contribution in [0.2, 0.25) is 0 Å². The van der Waals surface area contributed by atoms with Crippen LogP contribution in [0.4, 0.5) is 14.5 Å². The highest BCUT2D eigenvalue weighted by Crippen LogP contribution is 2.23. The second kappa shape index (κ2) is 5.18. The fourth-order valence-corrected chi connectivity index (χ4v) is 1.58. The summed E-state index contributed by atoms with van der Waals surface area (Å²) in [6, 6.07) is 2.17. The van der Waals surface area contributed by atoms with E-state index in [0.717, 1.165) is 12.1 Å². The molecule has 0 bridgehead atoms. The summed E-state index contributed by atoms with van der Waals surface area (Å²) in [5, 5.41) is 2.76. The molecule has 1 N–H and O–H groups in total. The molecule has 0 spiro atoms. The third kappa shape index (κ3) is 2.97. The molecule has 0 saturated carbocycles. The van der Waals surface area contributed by atoms with Crippen molar-refractivity contribution in [2.24, 2.45) is 0 Å². The molecule has 0 aliphatic rings. The summed E-state index contributed by atoms with van der Waals surface area (Å²) >= 11 is 2.91. The van der Waals surface area contributed by atoms with Gasteiger partial charge in [-0.2, -0.15) is 0 Å². The number of aromatic nitrogens is 2. The number of benzene rings is 1. The molecule has 0 aliphatic carbocycles. The molecule has 2 rings (SSSR count). The summed E-state index contributed by atoms with van der Waals surface area (Å²) in [7, 11) is 0. The topological polar surface area (TPSA) is 37.8 Å². The highest BCUT2D eigenvalue weighted by Gasteiger charge is 2.07. The highest BCUT2D eigenvalue weighted by molar-refractivity contribution is 9.10. The lowest BCUT2D eigenvalue weighted by molar-refractivity contribution is 0.596. The molecule has 0 radical (unpaired) electrons. The van der Waals surface area contributed by atoms with Crippen LogP contribution in [0.3, 0.4) is 0 Å². The van der Waals surface area contributed by atoms with E-state index in [4.69, 9.17) is 0 Å². The Kier molecular flexibility index (Phi) is 3.63. The van der Waals surface area contributed by atoms with Crippen molar-refractivity contribution in [3.05, 3.63) is 52.5 Å². The molecule has 6 heteroatoms. The van der Waals surface area contributed by atoms with E-state index in [1.54, 1.807) is 12.4 Å². The molecule has 0 saturated heterocycles. The Morgan fingerprint density at radius 3 is 2.71 bits per heavy atom. The molecule has 1 aromatic carbocycles. The van der Waals surface area contributed by atoms with Gasteiger partial charge in [0.05, 0.1) is 28.6 Å². The van der Waals surface area contributed by atoms with Crippen molar-refractivity contribution in [3.63, 3.8) is 0 Å². The maximum Gasteiger partial charge on any atom is 0.147 e. The predicted octanol–water partition coefficient (Wildman–Crippen LogP) is 3.13. The van der Waals surface area contributed by atoms with Gasteiger partial charge in [0, 0.05) is 18.5 Å². The summed E-state index contributed by atoms with van der Waals surface area (Å²) in [4.78, 5) is 7.89. The van der Waals surface area contributed by atoms with Crippen molar-refractivity contribution in [3.8, 4) is 0 Å². The minimum atomic E-state index is -0.526. The number of nitrogens with zero attached hydrogens (tertiary/aromatic N) is 2. The van der Waals surface area contributed by atoms with Crippen LogP contribution in [0, 0.1) is 11.6 Å². The SMILES string of the molecule is Fc1cc(NCc2cnccn2)c(F)cc1Br. The van der Waals surface area contributed by atoms with Crippen molar-refractivity contribution in [1.82, 2.24) is 9.97 Å². The fraction of sp³-hybridized carbons (Fsp3) is 0.0909. The molecule has 1 aromatic heterocycles. The van der Waals surface area contributed by atoms with Crippen LogP contribution in [0.1, 0.15) is 5.69 Å². The van der Waals surface area contributed by atoms with Gasteiger partial charge in [0.15, 0.2) is 0 Å². The van der Waals surface area contributed by atoms with E-state index >= 15 is 0 Å². The standard InChI is InChI=1S/C11H8BrF2N3/c12-8-3-10(14)11(4-9(8)13)17-6-7-5-15-1-2-16-7/h1-5,17H,6H2. The van der Waals surface area contributed by atoms with E-state index in [1.807, 2.05) is 0 Å². The lowest BCUT2D eigenvalue weighted by Crippen LogP contribution is -2.04. The summed E-state index contributed by atoms with van der Waals surface area (Å²) in [6.45, 7) is 0.284. The number of nitrogens with one attached hydrogen (secondary N) is 1. The Balaban J connectivity index is 2.12. The first-order valence-corrected chi connectivity index (χ1v) is 5.59. The van der Waals surface area contributed by atoms with E-state index in [1.165, 1.54) is 6.20 Å². The van der Waals surface area contributed by atoms with Gasteiger partial charge in [-0.15, -0.1) is 0 Å².